The molecule has 0 heterocycles. The quantitative estimate of drug-likeness (QED) is 0.249. The maximum atomic E-state index is 12.2. The molecule has 3 aromatic carbocycles. The smallest absolute Gasteiger partial charge is 0.306 e. The number of esters is 1. The summed E-state index contributed by atoms with van der Waals surface area (Å²) in [5.41, 5.74) is 6.28. The molecule has 0 spiro atoms. The summed E-state index contributed by atoms with van der Waals surface area (Å²) in [5.74, 6) is -1.18. The summed E-state index contributed by atoms with van der Waals surface area (Å²) in [6.07, 6.45) is -0.362. The van der Waals surface area contributed by atoms with Crippen molar-refractivity contribution >= 4 is 41.0 Å². The molecule has 0 aliphatic carbocycles. The molecule has 0 radical (unpaired) electrons. The van der Waals surface area contributed by atoms with Gasteiger partial charge in [-0.2, -0.15) is 0 Å². The monoisotopic (exact) mass is 551 g/mol. The molecule has 3 amide bonds. The van der Waals surface area contributed by atoms with Gasteiger partial charge >= 0.3 is 5.97 Å². The minimum atomic E-state index is -0.749. The number of carbonyl (C=O) groups excluding carboxylic acids is 4. The number of hydrazine groups is 1. The van der Waals surface area contributed by atoms with Crippen LogP contribution >= 0.6 is 11.6 Å². The molecule has 0 aliphatic rings. The predicted molar refractivity (Wildman–Crippen MR) is 148 cm³/mol. The summed E-state index contributed by atoms with van der Waals surface area (Å²) in [6.45, 7) is 5.81. The van der Waals surface area contributed by atoms with E-state index in [9.17, 15) is 19.2 Å². The fourth-order valence-corrected chi connectivity index (χ4v) is 3.52. The number of ether oxygens (including phenoxy) is 2. The zero-order chi connectivity index (χ0) is 28.4. The predicted octanol–water partition coefficient (Wildman–Crippen LogP) is 5.15. The molecule has 9 nitrogen and oxygen atoms in total. The highest BCUT2D eigenvalue weighted by molar-refractivity contribution is 6.33. The maximum Gasteiger partial charge on any atom is 0.306 e. The van der Waals surface area contributed by atoms with Crippen molar-refractivity contribution in [3.05, 3.63) is 88.9 Å². The van der Waals surface area contributed by atoms with Gasteiger partial charge in [0, 0.05) is 12.1 Å². The molecule has 0 unspecified atom stereocenters. The van der Waals surface area contributed by atoms with Crippen molar-refractivity contribution in [2.45, 2.75) is 39.0 Å². The van der Waals surface area contributed by atoms with Crippen molar-refractivity contribution in [2.75, 3.05) is 11.9 Å². The van der Waals surface area contributed by atoms with E-state index < -0.39 is 30.3 Å². The third kappa shape index (κ3) is 9.46. The third-order valence-electron chi connectivity index (χ3n) is 5.45. The van der Waals surface area contributed by atoms with E-state index in [2.05, 4.69) is 36.9 Å². The molecule has 204 valence electrons. The summed E-state index contributed by atoms with van der Waals surface area (Å²) >= 11 is 5.92. The van der Waals surface area contributed by atoms with E-state index in [-0.39, 0.29) is 28.8 Å². The van der Waals surface area contributed by atoms with Crippen LogP contribution in [-0.2, 0) is 24.5 Å². The van der Waals surface area contributed by atoms with Crippen molar-refractivity contribution in [3.8, 4) is 11.5 Å². The normalized spacial score (nSPS) is 10.8. The average molecular weight is 552 g/mol. The fraction of sp³-hybridized carbons (Fsp3) is 0.241. The van der Waals surface area contributed by atoms with Crippen LogP contribution in [0.1, 0.15) is 49.5 Å². The number of rotatable bonds is 9. The lowest BCUT2D eigenvalue weighted by molar-refractivity contribution is -0.149. The molecule has 0 saturated carbocycles. The Morgan fingerprint density at radius 3 is 2.00 bits per heavy atom. The van der Waals surface area contributed by atoms with Gasteiger partial charge in [0.1, 0.15) is 11.5 Å². The second-order valence-electron chi connectivity index (χ2n) is 9.59. The van der Waals surface area contributed by atoms with E-state index in [0.29, 0.717) is 17.2 Å². The molecule has 3 rings (SSSR count). The van der Waals surface area contributed by atoms with Crippen LogP contribution < -0.4 is 20.9 Å². The number of hydrogen-bond acceptors (Lipinski definition) is 6. The molecule has 0 aromatic heterocycles. The number of amides is 3. The van der Waals surface area contributed by atoms with Crippen molar-refractivity contribution in [1.29, 1.82) is 0 Å². The number of anilines is 1. The van der Waals surface area contributed by atoms with Gasteiger partial charge in [0.25, 0.3) is 11.8 Å². The lowest BCUT2D eigenvalue weighted by Crippen LogP contribution is -2.43. The van der Waals surface area contributed by atoms with Crippen LogP contribution in [0.4, 0.5) is 5.69 Å². The van der Waals surface area contributed by atoms with Crippen LogP contribution in [0.3, 0.4) is 0 Å². The third-order valence-corrected chi connectivity index (χ3v) is 5.78. The van der Waals surface area contributed by atoms with E-state index in [1.807, 2.05) is 24.3 Å². The van der Waals surface area contributed by atoms with Gasteiger partial charge in [-0.3, -0.25) is 30.0 Å². The Labute approximate surface area is 231 Å². The number of halogens is 1. The standard InChI is InChI=1S/C29H30ClN3O6/c1-29(2,3)19-8-12-21(13-9-19)39-22-14-10-20(11-15-22)31-25(34)16-17-27(36)38-18-26(35)32-33-28(37)23-6-4-5-7-24(23)30/h4-15H,16-18H2,1-3H3,(H,31,34)(H,32,35)(H,33,37). The molecule has 3 N–H and O–H groups in total. The molecule has 10 heteroatoms. The van der Waals surface area contributed by atoms with Gasteiger partial charge in [0.15, 0.2) is 6.61 Å². The van der Waals surface area contributed by atoms with Crippen molar-refractivity contribution < 1.29 is 28.7 Å². The summed E-state index contributed by atoms with van der Waals surface area (Å²) in [7, 11) is 0. The van der Waals surface area contributed by atoms with E-state index in [4.69, 9.17) is 21.1 Å². The van der Waals surface area contributed by atoms with Crippen LogP contribution in [0.5, 0.6) is 11.5 Å². The first-order chi connectivity index (χ1) is 18.5. The highest BCUT2D eigenvalue weighted by Crippen LogP contribution is 2.27. The van der Waals surface area contributed by atoms with Gasteiger partial charge in [-0.15, -0.1) is 0 Å². The zero-order valence-corrected chi connectivity index (χ0v) is 22.6. The molecular formula is C29H30ClN3O6. The Kier molecular flexibility index (Phi) is 10.1. The fourth-order valence-electron chi connectivity index (χ4n) is 3.30. The number of carbonyl (C=O) groups is 4. The summed E-state index contributed by atoms with van der Waals surface area (Å²) in [5, 5.41) is 2.91. The average Bonchev–Trinajstić information content (AvgIpc) is 2.90. The maximum absolute atomic E-state index is 12.2. The topological polar surface area (TPSA) is 123 Å². The zero-order valence-electron chi connectivity index (χ0n) is 21.9. The highest BCUT2D eigenvalue weighted by Gasteiger charge is 2.14. The summed E-state index contributed by atoms with van der Waals surface area (Å²) < 4.78 is 10.7. The second kappa shape index (κ2) is 13.4. The first-order valence-electron chi connectivity index (χ1n) is 12.2. The second-order valence-corrected chi connectivity index (χ2v) is 10.00. The minimum absolute atomic E-state index is 0.0567. The van der Waals surface area contributed by atoms with Gasteiger partial charge < -0.3 is 14.8 Å². The van der Waals surface area contributed by atoms with Crippen molar-refractivity contribution in [2.24, 2.45) is 0 Å². The van der Waals surface area contributed by atoms with Crippen LogP contribution in [0.15, 0.2) is 72.8 Å². The molecule has 0 aliphatic heterocycles. The molecule has 39 heavy (non-hydrogen) atoms. The Hall–Kier alpha value is -4.37. The van der Waals surface area contributed by atoms with Crippen LogP contribution in [0.25, 0.3) is 0 Å². The molecule has 0 saturated heterocycles. The Bertz CT molecular complexity index is 1320. The SMILES string of the molecule is CC(C)(C)c1ccc(Oc2ccc(NC(=O)CCC(=O)OCC(=O)NNC(=O)c3ccccc3Cl)cc2)cc1. The summed E-state index contributed by atoms with van der Waals surface area (Å²) in [6, 6.07) is 21.0. The van der Waals surface area contributed by atoms with Crippen LogP contribution in [0.2, 0.25) is 5.02 Å². The van der Waals surface area contributed by atoms with E-state index in [1.165, 1.54) is 17.7 Å². The molecular weight excluding hydrogens is 522 g/mol. The number of nitrogens with one attached hydrogen (secondary N) is 3. The summed E-state index contributed by atoms with van der Waals surface area (Å²) in [4.78, 5) is 47.9. The van der Waals surface area contributed by atoms with Crippen LogP contribution in [-0.4, -0.2) is 30.3 Å². The highest BCUT2D eigenvalue weighted by atomic mass is 35.5. The molecule has 3 aromatic rings. The lowest BCUT2D eigenvalue weighted by Gasteiger charge is -2.19. The molecule has 0 atom stereocenters. The Morgan fingerprint density at radius 1 is 0.769 bits per heavy atom. The molecule has 0 fully saturated rings. The van der Waals surface area contributed by atoms with Gasteiger partial charge in [0.05, 0.1) is 17.0 Å². The van der Waals surface area contributed by atoms with Gasteiger partial charge in [-0.25, -0.2) is 0 Å². The van der Waals surface area contributed by atoms with Gasteiger partial charge in [-0.1, -0.05) is 56.6 Å². The number of benzene rings is 3. The van der Waals surface area contributed by atoms with Crippen LogP contribution in [0, 0.1) is 0 Å². The Morgan fingerprint density at radius 2 is 1.38 bits per heavy atom. The number of hydrogen-bond donors (Lipinski definition) is 3. The van der Waals surface area contributed by atoms with Crippen molar-refractivity contribution in [1.82, 2.24) is 10.9 Å². The first kappa shape index (κ1) is 29.2. The first-order valence-corrected chi connectivity index (χ1v) is 12.6. The van der Waals surface area contributed by atoms with E-state index >= 15 is 0 Å². The molecule has 0 bridgehead atoms. The van der Waals surface area contributed by atoms with Gasteiger partial charge in [-0.05, 0) is 59.5 Å². The Balaban J connectivity index is 1.35. The van der Waals surface area contributed by atoms with E-state index in [0.717, 1.165) is 0 Å². The van der Waals surface area contributed by atoms with Gasteiger partial charge in [0.2, 0.25) is 5.91 Å². The lowest BCUT2D eigenvalue weighted by atomic mass is 9.87. The van der Waals surface area contributed by atoms with Crippen molar-refractivity contribution in [3.63, 3.8) is 0 Å². The largest absolute Gasteiger partial charge is 0.457 e. The minimum Gasteiger partial charge on any atom is -0.457 e. The van der Waals surface area contributed by atoms with E-state index in [1.54, 1.807) is 36.4 Å².